The molecule has 4 N–H and O–H groups in total. The molecule has 0 aliphatic carbocycles. The lowest BCUT2D eigenvalue weighted by Gasteiger charge is -2.36. The molecule has 1 aliphatic rings. The average molecular weight is 414 g/mol. The minimum atomic E-state index is -0.413. The Morgan fingerprint density at radius 3 is 2.72 bits per heavy atom. The van der Waals surface area contributed by atoms with E-state index in [9.17, 15) is 4.79 Å². The molecule has 6 nitrogen and oxygen atoms in total. The first-order valence-electron chi connectivity index (χ1n) is 10.2. The smallest absolute Gasteiger partial charge is 0.248 e. The van der Waals surface area contributed by atoms with E-state index in [2.05, 4.69) is 45.0 Å². The molecule has 1 amide bonds. The number of hydrogen-bond donors (Lipinski definition) is 3. The zero-order chi connectivity index (χ0) is 20.6. The first-order chi connectivity index (χ1) is 14.1. The van der Waals surface area contributed by atoms with Gasteiger partial charge in [-0.2, -0.15) is 0 Å². The number of nitrogens with zero attached hydrogens (tertiary/aromatic N) is 2. The number of thiophene rings is 1. The average Bonchev–Trinajstić information content (AvgIpc) is 3.26. The summed E-state index contributed by atoms with van der Waals surface area (Å²) < 4.78 is 0. The molecule has 1 aliphatic heterocycles. The van der Waals surface area contributed by atoms with E-state index in [4.69, 9.17) is 5.73 Å². The van der Waals surface area contributed by atoms with Gasteiger partial charge in [-0.15, -0.1) is 11.3 Å². The molecule has 2 aromatic rings. The van der Waals surface area contributed by atoms with Crippen LogP contribution in [0.15, 0.2) is 46.8 Å². The molecule has 0 bridgehead atoms. The van der Waals surface area contributed by atoms with Gasteiger partial charge in [-0.3, -0.25) is 14.7 Å². The van der Waals surface area contributed by atoms with Gasteiger partial charge in [0.2, 0.25) is 5.91 Å². The lowest BCUT2D eigenvalue weighted by Crippen LogP contribution is -2.44. The predicted molar refractivity (Wildman–Crippen MR) is 120 cm³/mol. The molecule has 156 valence electrons. The van der Waals surface area contributed by atoms with E-state index in [1.165, 1.54) is 17.7 Å². The third-order valence-corrected chi connectivity index (χ3v) is 6.46. The molecule has 1 saturated heterocycles. The van der Waals surface area contributed by atoms with Crippen molar-refractivity contribution >= 4 is 23.2 Å². The maximum absolute atomic E-state index is 11.4. The van der Waals surface area contributed by atoms with Gasteiger partial charge in [0.15, 0.2) is 5.96 Å². The summed E-state index contributed by atoms with van der Waals surface area (Å²) in [6.45, 7) is 5.99. The lowest BCUT2D eigenvalue weighted by molar-refractivity contribution is 0.1000. The van der Waals surface area contributed by atoms with Gasteiger partial charge in [0, 0.05) is 30.6 Å². The van der Waals surface area contributed by atoms with Crippen LogP contribution in [0.25, 0.3) is 0 Å². The number of amides is 1. The molecule has 0 radical (unpaired) electrons. The minimum Gasteiger partial charge on any atom is -0.366 e. The van der Waals surface area contributed by atoms with Crippen LogP contribution < -0.4 is 16.4 Å². The number of carbonyl (C=O) groups excluding carboxylic acids is 1. The Hall–Kier alpha value is -2.38. The van der Waals surface area contributed by atoms with Crippen molar-refractivity contribution in [3.05, 3.63) is 57.8 Å². The Morgan fingerprint density at radius 1 is 1.28 bits per heavy atom. The number of hydrogen-bond acceptors (Lipinski definition) is 4. The molecule has 29 heavy (non-hydrogen) atoms. The second kappa shape index (κ2) is 10.4. The number of primary amides is 1. The fourth-order valence-electron chi connectivity index (χ4n) is 3.67. The monoisotopic (exact) mass is 413 g/mol. The molecule has 2 heterocycles. The third-order valence-electron chi connectivity index (χ3n) is 5.49. The molecule has 1 aromatic heterocycles. The molecule has 1 aromatic carbocycles. The van der Waals surface area contributed by atoms with E-state index in [0.29, 0.717) is 18.2 Å². The van der Waals surface area contributed by atoms with Crippen molar-refractivity contribution in [2.75, 3.05) is 26.7 Å². The molecule has 0 spiro atoms. The summed E-state index contributed by atoms with van der Waals surface area (Å²) in [6.07, 6.45) is 2.51. The van der Waals surface area contributed by atoms with E-state index in [-0.39, 0.29) is 0 Å². The van der Waals surface area contributed by atoms with Gasteiger partial charge in [-0.25, -0.2) is 0 Å². The second-order valence-electron chi connectivity index (χ2n) is 7.62. The van der Waals surface area contributed by atoms with Gasteiger partial charge in [-0.1, -0.05) is 25.1 Å². The largest absolute Gasteiger partial charge is 0.366 e. The van der Waals surface area contributed by atoms with Crippen LogP contribution >= 0.6 is 11.3 Å². The first kappa shape index (κ1) is 21.3. The lowest BCUT2D eigenvalue weighted by atomic mass is 9.97. The van der Waals surface area contributed by atoms with Crippen molar-refractivity contribution in [2.24, 2.45) is 16.6 Å². The van der Waals surface area contributed by atoms with Crippen LogP contribution in [0, 0.1) is 5.92 Å². The molecule has 1 unspecified atom stereocenters. The Bertz CT molecular complexity index is 812. The van der Waals surface area contributed by atoms with Crippen LogP contribution in [-0.2, 0) is 6.54 Å². The zero-order valence-electron chi connectivity index (χ0n) is 17.2. The standard InChI is InChI=1S/C22H31N5OS/c1-16-8-10-27(11-9-16)19(20-7-4-12-29-20)15-26-22(24-2)25-14-17-5-3-6-18(13-17)21(23)28/h3-7,12-13,16,19H,8-11,14-15H2,1-2H3,(H2,23,28)(H2,24,25,26). The van der Waals surface area contributed by atoms with E-state index >= 15 is 0 Å². The number of carbonyl (C=O) groups is 1. The predicted octanol–water partition coefficient (Wildman–Crippen LogP) is 2.99. The minimum absolute atomic E-state index is 0.347. The number of aliphatic imine (C=N–C) groups is 1. The Labute approximate surface area is 177 Å². The topological polar surface area (TPSA) is 82.7 Å². The normalized spacial score (nSPS) is 17.1. The maximum Gasteiger partial charge on any atom is 0.248 e. The van der Waals surface area contributed by atoms with E-state index < -0.39 is 5.91 Å². The highest BCUT2D eigenvalue weighted by molar-refractivity contribution is 7.10. The highest BCUT2D eigenvalue weighted by atomic mass is 32.1. The number of nitrogens with one attached hydrogen (secondary N) is 2. The molecule has 1 atom stereocenters. The molecule has 1 fully saturated rings. The fraction of sp³-hybridized carbons (Fsp3) is 0.455. The number of piperidine rings is 1. The summed E-state index contributed by atoms with van der Waals surface area (Å²) >= 11 is 1.81. The Kier molecular flexibility index (Phi) is 7.66. The fourth-order valence-corrected chi connectivity index (χ4v) is 4.53. The van der Waals surface area contributed by atoms with Gasteiger partial charge in [-0.05, 0) is 61.0 Å². The van der Waals surface area contributed by atoms with Crippen molar-refractivity contribution in [3.63, 3.8) is 0 Å². The van der Waals surface area contributed by atoms with Gasteiger partial charge < -0.3 is 16.4 Å². The quantitative estimate of drug-likeness (QED) is 0.481. The van der Waals surface area contributed by atoms with E-state index in [1.54, 1.807) is 13.1 Å². The molecule has 7 heteroatoms. The van der Waals surface area contributed by atoms with Gasteiger partial charge in [0.1, 0.15) is 0 Å². The summed E-state index contributed by atoms with van der Waals surface area (Å²) in [4.78, 5) is 19.7. The van der Waals surface area contributed by atoms with Crippen molar-refractivity contribution in [2.45, 2.75) is 32.4 Å². The zero-order valence-corrected chi connectivity index (χ0v) is 18.0. The van der Waals surface area contributed by atoms with Crippen LogP contribution in [0.3, 0.4) is 0 Å². The highest BCUT2D eigenvalue weighted by Gasteiger charge is 2.25. The van der Waals surface area contributed by atoms with Gasteiger partial charge in [0.25, 0.3) is 0 Å². The number of likely N-dealkylation sites (tertiary alicyclic amines) is 1. The van der Waals surface area contributed by atoms with Gasteiger partial charge >= 0.3 is 0 Å². The van der Waals surface area contributed by atoms with Crippen LogP contribution in [0.2, 0.25) is 0 Å². The summed E-state index contributed by atoms with van der Waals surface area (Å²) in [6, 6.07) is 12.0. The first-order valence-corrected chi connectivity index (χ1v) is 11.1. The van der Waals surface area contributed by atoms with Crippen molar-refractivity contribution in [1.29, 1.82) is 0 Å². The van der Waals surface area contributed by atoms with Crippen LogP contribution in [0.1, 0.15) is 46.6 Å². The number of benzene rings is 1. The van der Waals surface area contributed by atoms with Crippen molar-refractivity contribution in [1.82, 2.24) is 15.5 Å². The summed E-state index contributed by atoms with van der Waals surface area (Å²) in [5.74, 6) is 1.15. The molecule has 0 saturated carbocycles. The van der Waals surface area contributed by atoms with Crippen LogP contribution in [0.4, 0.5) is 0 Å². The number of rotatable bonds is 7. The highest BCUT2D eigenvalue weighted by Crippen LogP contribution is 2.29. The summed E-state index contributed by atoms with van der Waals surface area (Å²) in [5, 5.41) is 8.97. The molecular formula is C22H31N5OS. The summed E-state index contributed by atoms with van der Waals surface area (Å²) in [5.41, 5.74) is 6.88. The van der Waals surface area contributed by atoms with E-state index in [1.807, 2.05) is 29.5 Å². The Balaban J connectivity index is 1.59. The van der Waals surface area contributed by atoms with Crippen molar-refractivity contribution in [3.8, 4) is 0 Å². The molecule has 3 rings (SSSR count). The van der Waals surface area contributed by atoms with Crippen molar-refractivity contribution < 1.29 is 4.79 Å². The van der Waals surface area contributed by atoms with E-state index in [0.717, 1.165) is 37.1 Å². The number of guanidine groups is 1. The second-order valence-corrected chi connectivity index (χ2v) is 8.60. The number of nitrogens with two attached hydrogens (primary N) is 1. The van der Waals surface area contributed by atoms with Crippen LogP contribution in [-0.4, -0.2) is 43.4 Å². The Morgan fingerprint density at radius 2 is 2.07 bits per heavy atom. The maximum atomic E-state index is 11.4. The summed E-state index contributed by atoms with van der Waals surface area (Å²) in [7, 11) is 1.78. The SMILES string of the molecule is CN=C(NCc1cccc(C(N)=O)c1)NCC(c1cccs1)N1CCC(C)CC1. The van der Waals surface area contributed by atoms with Crippen LogP contribution in [0.5, 0.6) is 0 Å². The van der Waals surface area contributed by atoms with Gasteiger partial charge in [0.05, 0.1) is 6.04 Å². The molecular weight excluding hydrogens is 382 g/mol. The third kappa shape index (κ3) is 6.05.